The lowest BCUT2D eigenvalue weighted by molar-refractivity contribution is 0.0526. The van der Waals surface area contributed by atoms with Crippen LogP contribution in [0.25, 0.3) is 10.2 Å². The Hall–Kier alpha value is -3.13. The Morgan fingerprint density at radius 3 is 2.52 bits per heavy atom. The predicted molar refractivity (Wildman–Crippen MR) is 106 cm³/mol. The van der Waals surface area contributed by atoms with E-state index in [2.05, 4.69) is 15.6 Å². The van der Waals surface area contributed by atoms with Gasteiger partial charge in [0.05, 0.1) is 29.0 Å². The minimum Gasteiger partial charge on any atom is -0.494 e. The van der Waals surface area contributed by atoms with Crippen molar-refractivity contribution in [2.75, 3.05) is 23.8 Å². The van der Waals surface area contributed by atoms with Crippen molar-refractivity contribution >= 4 is 44.4 Å². The van der Waals surface area contributed by atoms with Gasteiger partial charge in [-0.25, -0.2) is 14.6 Å². The number of benzene rings is 2. The molecule has 0 spiro atoms. The number of nitrogens with zero attached hydrogens (tertiary/aromatic N) is 1. The minimum absolute atomic E-state index is 0.318. The molecule has 27 heavy (non-hydrogen) atoms. The number of thiazole rings is 1. The molecule has 3 rings (SSSR count). The van der Waals surface area contributed by atoms with Gasteiger partial charge < -0.3 is 14.8 Å². The van der Waals surface area contributed by atoms with Gasteiger partial charge in [0.2, 0.25) is 0 Å². The van der Waals surface area contributed by atoms with Crippen molar-refractivity contribution < 1.29 is 19.1 Å². The number of nitrogens with one attached hydrogen (secondary N) is 2. The number of carbonyl (C=O) groups excluding carboxylic acids is 2. The summed E-state index contributed by atoms with van der Waals surface area (Å²) in [5, 5.41) is 5.88. The molecule has 1 heterocycles. The molecular formula is C19H19N3O4S. The Morgan fingerprint density at radius 2 is 1.81 bits per heavy atom. The van der Waals surface area contributed by atoms with Crippen molar-refractivity contribution in [3.63, 3.8) is 0 Å². The molecule has 140 valence electrons. The third-order valence-electron chi connectivity index (χ3n) is 3.54. The van der Waals surface area contributed by atoms with E-state index in [4.69, 9.17) is 9.47 Å². The van der Waals surface area contributed by atoms with Crippen molar-refractivity contribution in [1.82, 2.24) is 4.98 Å². The van der Waals surface area contributed by atoms with Crippen LogP contribution < -0.4 is 15.4 Å². The zero-order valence-corrected chi connectivity index (χ0v) is 15.8. The van der Waals surface area contributed by atoms with Crippen molar-refractivity contribution in [2.45, 2.75) is 13.8 Å². The first kappa shape index (κ1) is 18.7. The molecule has 0 aliphatic rings. The van der Waals surface area contributed by atoms with E-state index in [1.165, 1.54) is 11.3 Å². The normalized spacial score (nSPS) is 10.4. The summed E-state index contributed by atoms with van der Waals surface area (Å²) in [7, 11) is 0. The number of amides is 2. The van der Waals surface area contributed by atoms with Gasteiger partial charge in [0, 0.05) is 5.69 Å². The molecule has 0 atom stereocenters. The van der Waals surface area contributed by atoms with Crippen LogP contribution in [0.1, 0.15) is 24.2 Å². The van der Waals surface area contributed by atoms with Gasteiger partial charge in [-0.3, -0.25) is 5.32 Å². The van der Waals surface area contributed by atoms with Crippen molar-refractivity contribution in [3.05, 3.63) is 48.0 Å². The van der Waals surface area contributed by atoms with Gasteiger partial charge in [0.15, 0.2) is 5.13 Å². The summed E-state index contributed by atoms with van der Waals surface area (Å²) in [6.07, 6.45) is 0. The van der Waals surface area contributed by atoms with E-state index >= 15 is 0 Å². The second-order valence-corrected chi connectivity index (χ2v) is 6.49. The molecule has 0 unspecified atom stereocenters. The Balaban J connectivity index is 1.66. The van der Waals surface area contributed by atoms with Crippen LogP contribution >= 0.6 is 11.3 Å². The molecule has 0 aliphatic carbocycles. The number of fused-ring (bicyclic) bond motifs is 1. The van der Waals surface area contributed by atoms with Gasteiger partial charge in [0.1, 0.15) is 5.75 Å². The molecule has 3 aromatic rings. The third-order valence-corrected chi connectivity index (χ3v) is 4.48. The lowest BCUT2D eigenvalue weighted by Crippen LogP contribution is -2.19. The zero-order valence-electron chi connectivity index (χ0n) is 14.9. The summed E-state index contributed by atoms with van der Waals surface area (Å²) in [5.41, 5.74) is 1.80. The molecule has 0 radical (unpaired) electrons. The topological polar surface area (TPSA) is 89.5 Å². The highest BCUT2D eigenvalue weighted by molar-refractivity contribution is 7.22. The molecule has 0 saturated heterocycles. The molecule has 8 heteroatoms. The Kier molecular flexibility index (Phi) is 5.87. The smallest absolute Gasteiger partial charge is 0.338 e. The lowest BCUT2D eigenvalue weighted by atomic mass is 10.2. The van der Waals surface area contributed by atoms with Crippen LogP contribution in [0.2, 0.25) is 0 Å². The minimum atomic E-state index is -0.399. The number of ether oxygens (including phenoxy) is 2. The summed E-state index contributed by atoms with van der Waals surface area (Å²) in [6.45, 7) is 4.57. The van der Waals surface area contributed by atoms with Gasteiger partial charge in [-0.1, -0.05) is 11.3 Å². The van der Waals surface area contributed by atoms with Gasteiger partial charge in [-0.05, 0) is 56.3 Å². The average molecular weight is 385 g/mol. The highest BCUT2D eigenvalue weighted by Gasteiger charge is 2.12. The monoisotopic (exact) mass is 385 g/mol. The van der Waals surface area contributed by atoms with Crippen molar-refractivity contribution in [1.29, 1.82) is 0 Å². The molecule has 2 N–H and O–H groups in total. The number of anilines is 2. The Bertz CT molecular complexity index is 953. The number of aromatic nitrogens is 1. The third kappa shape index (κ3) is 4.73. The first-order valence-electron chi connectivity index (χ1n) is 8.47. The van der Waals surface area contributed by atoms with Gasteiger partial charge in [0.25, 0.3) is 0 Å². The molecular weight excluding hydrogens is 366 g/mol. The Labute approximate surface area is 160 Å². The first-order valence-corrected chi connectivity index (χ1v) is 9.29. The van der Waals surface area contributed by atoms with Gasteiger partial charge >= 0.3 is 12.0 Å². The fourth-order valence-electron chi connectivity index (χ4n) is 2.38. The van der Waals surface area contributed by atoms with Crippen LogP contribution in [0.5, 0.6) is 5.75 Å². The molecule has 2 aromatic carbocycles. The maximum atomic E-state index is 12.2. The predicted octanol–water partition coefficient (Wildman–Crippen LogP) is 4.52. The lowest BCUT2D eigenvalue weighted by Gasteiger charge is -2.07. The fourth-order valence-corrected chi connectivity index (χ4v) is 3.28. The average Bonchev–Trinajstić information content (AvgIpc) is 3.05. The number of rotatable bonds is 6. The summed E-state index contributed by atoms with van der Waals surface area (Å²) in [4.78, 5) is 28.3. The van der Waals surface area contributed by atoms with E-state index in [0.717, 1.165) is 10.4 Å². The van der Waals surface area contributed by atoms with E-state index in [9.17, 15) is 9.59 Å². The first-order chi connectivity index (χ1) is 13.1. The Morgan fingerprint density at radius 1 is 1.04 bits per heavy atom. The summed E-state index contributed by atoms with van der Waals surface area (Å²) >= 11 is 1.28. The summed E-state index contributed by atoms with van der Waals surface area (Å²) in [6, 6.07) is 11.8. The number of urea groups is 1. The molecule has 2 amide bonds. The zero-order chi connectivity index (χ0) is 19.2. The molecule has 0 bridgehead atoms. The van der Waals surface area contributed by atoms with Crippen LogP contribution in [-0.4, -0.2) is 30.2 Å². The standard InChI is InChI=1S/C19H19N3O4S/c1-3-25-14-8-6-13(7-9-14)20-18(24)22-19-21-15-10-5-12(11-16(15)27-19)17(23)26-4-2/h5-11H,3-4H2,1-2H3,(H2,20,21,22,24). The van der Waals surface area contributed by atoms with Crippen LogP contribution in [0.3, 0.4) is 0 Å². The maximum absolute atomic E-state index is 12.2. The van der Waals surface area contributed by atoms with Gasteiger partial charge in [-0.15, -0.1) is 0 Å². The fraction of sp³-hybridized carbons (Fsp3) is 0.211. The number of hydrogen-bond acceptors (Lipinski definition) is 6. The van der Waals surface area contributed by atoms with Crippen molar-refractivity contribution in [2.24, 2.45) is 0 Å². The van der Waals surface area contributed by atoms with Crippen LogP contribution in [0, 0.1) is 0 Å². The molecule has 0 aliphatic heterocycles. The maximum Gasteiger partial charge on any atom is 0.338 e. The molecule has 0 saturated carbocycles. The second kappa shape index (κ2) is 8.50. The van der Waals surface area contributed by atoms with Crippen molar-refractivity contribution in [3.8, 4) is 5.75 Å². The molecule has 7 nitrogen and oxygen atoms in total. The van der Waals surface area contributed by atoms with E-state index < -0.39 is 6.03 Å². The van der Waals surface area contributed by atoms with E-state index in [1.54, 1.807) is 49.4 Å². The number of carbonyl (C=O) groups is 2. The van der Waals surface area contributed by atoms with Crippen LogP contribution in [-0.2, 0) is 4.74 Å². The quantitative estimate of drug-likeness (QED) is 0.609. The number of esters is 1. The second-order valence-electron chi connectivity index (χ2n) is 5.46. The van der Waals surface area contributed by atoms with E-state index in [1.807, 2.05) is 6.92 Å². The summed E-state index contributed by atoms with van der Waals surface area (Å²) < 4.78 is 11.2. The van der Waals surface area contributed by atoms with E-state index in [0.29, 0.717) is 35.1 Å². The molecule has 0 fully saturated rings. The highest BCUT2D eigenvalue weighted by atomic mass is 32.1. The number of hydrogen-bond donors (Lipinski definition) is 2. The van der Waals surface area contributed by atoms with Gasteiger partial charge in [-0.2, -0.15) is 0 Å². The van der Waals surface area contributed by atoms with E-state index in [-0.39, 0.29) is 5.97 Å². The largest absolute Gasteiger partial charge is 0.494 e. The molecule has 1 aromatic heterocycles. The SMILES string of the molecule is CCOC(=O)c1ccc2nc(NC(=O)Nc3ccc(OCC)cc3)sc2c1. The van der Waals surface area contributed by atoms with Crippen LogP contribution in [0.15, 0.2) is 42.5 Å². The van der Waals surface area contributed by atoms with Crippen LogP contribution in [0.4, 0.5) is 15.6 Å². The highest BCUT2D eigenvalue weighted by Crippen LogP contribution is 2.27. The summed E-state index contributed by atoms with van der Waals surface area (Å²) in [5.74, 6) is 0.364.